The first-order chi connectivity index (χ1) is 15.9. The molecule has 1 fully saturated rings. The standard InChI is InChI=1S/C25H31ClF2N4O2/c1-24(27,28)25(8-9-25)20(18-5-4-10-30-14-18)13-22(33)31-15-19(32(2)3)11-16-6-7-17(23(29)34)12-21(16)26/h4-7,10,12,14,19-20H,8-9,11,13,15H2,1-3H3,(H2,29,34)(H,31,33)/t19-,20+/m0/s1. The summed E-state index contributed by atoms with van der Waals surface area (Å²) >= 11 is 6.33. The highest BCUT2D eigenvalue weighted by atomic mass is 35.5. The fraction of sp³-hybridized carbons (Fsp3) is 0.480. The summed E-state index contributed by atoms with van der Waals surface area (Å²) in [6.07, 6.45) is 4.40. The summed E-state index contributed by atoms with van der Waals surface area (Å²) in [6, 6.07) is 8.27. The summed E-state index contributed by atoms with van der Waals surface area (Å²) in [5.74, 6) is -4.35. The smallest absolute Gasteiger partial charge is 0.251 e. The predicted octanol–water partition coefficient (Wildman–Crippen LogP) is 4.03. The molecule has 0 saturated heterocycles. The number of primary amides is 1. The second-order valence-electron chi connectivity index (χ2n) is 9.38. The molecule has 1 aromatic heterocycles. The van der Waals surface area contributed by atoms with Gasteiger partial charge < -0.3 is 16.0 Å². The molecule has 2 amide bonds. The highest BCUT2D eigenvalue weighted by Gasteiger charge is 2.63. The first-order valence-corrected chi connectivity index (χ1v) is 11.6. The van der Waals surface area contributed by atoms with Gasteiger partial charge in [-0.05, 0) is 69.6 Å². The lowest BCUT2D eigenvalue weighted by molar-refractivity contribution is -0.123. The molecule has 0 unspecified atom stereocenters. The number of nitrogens with two attached hydrogens (primary N) is 1. The first kappa shape index (κ1) is 26.0. The van der Waals surface area contributed by atoms with Crippen LogP contribution in [0.2, 0.25) is 5.02 Å². The monoisotopic (exact) mass is 492 g/mol. The van der Waals surface area contributed by atoms with E-state index in [1.54, 1.807) is 36.7 Å². The number of alkyl halides is 2. The second kappa shape index (κ2) is 10.4. The van der Waals surface area contributed by atoms with Crippen molar-refractivity contribution in [1.29, 1.82) is 0 Å². The number of rotatable bonds is 11. The van der Waals surface area contributed by atoms with Gasteiger partial charge in [-0.3, -0.25) is 14.6 Å². The van der Waals surface area contributed by atoms with Gasteiger partial charge >= 0.3 is 0 Å². The van der Waals surface area contributed by atoms with Crippen LogP contribution in [-0.2, 0) is 11.2 Å². The van der Waals surface area contributed by atoms with E-state index in [2.05, 4.69) is 10.3 Å². The molecule has 0 radical (unpaired) electrons. The van der Waals surface area contributed by atoms with Crippen molar-refractivity contribution in [3.8, 4) is 0 Å². The predicted molar refractivity (Wildman–Crippen MR) is 128 cm³/mol. The molecule has 2 atom stereocenters. The largest absolute Gasteiger partial charge is 0.366 e. The molecule has 0 bridgehead atoms. The summed E-state index contributed by atoms with van der Waals surface area (Å²) in [5, 5.41) is 3.34. The van der Waals surface area contributed by atoms with Crippen LogP contribution in [0, 0.1) is 5.41 Å². The molecule has 0 aliphatic heterocycles. The Hall–Kier alpha value is -2.58. The topological polar surface area (TPSA) is 88.3 Å². The fourth-order valence-electron chi connectivity index (χ4n) is 4.49. The maximum atomic E-state index is 14.5. The zero-order valence-corrected chi connectivity index (χ0v) is 20.4. The van der Waals surface area contributed by atoms with E-state index in [4.69, 9.17) is 17.3 Å². The number of carbonyl (C=O) groups is 2. The van der Waals surface area contributed by atoms with Crippen LogP contribution >= 0.6 is 11.6 Å². The van der Waals surface area contributed by atoms with Gasteiger partial charge in [0, 0.05) is 53.3 Å². The maximum Gasteiger partial charge on any atom is 0.251 e. The van der Waals surface area contributed by atoms with E-state index >= 15 is 0 Å². The van der Waals surface area contributed by atoms with Gasteiger partial charge in [0.25, 0.3) is 5.92 Å². The number of hydrogen-bond acceptors (Lipinski definition) is 4. The number of carbonyl (C=O) groups excluding carboxylic acids is 2. The third-order valence-corrected chi connectivity index (χ3v) is 7.22. The third-order valence-electron chi connectivity index (χ3n) is 6.86. The van der Waals surface area contributed by atoms with Crippen LogP contribution in [0.15, 0.2) is 42.7 Å². The molecule has 3 rings (SSSR count). The molecular formula is C25H31ClF2N4O2. The van der Waals surface area contributed by atoms with Crippen molar-refractivity contribution < 1.29 is 18.4 Å². The Morgan fingerprint density at radius 1 is 1.29 bits per heavy atom. The number of halogens is 3. The van der Waals surface area contributed by atoms with Crippen molar-refractivity contribution in [2.24, 2.45) is 11.1 Å². The fourth-order valence-corrected chi connectivity index (χ4v) is 4.75. The quantitative estimate of drug-likeness (QED) is 0.495. The van der Waals surface area contributed by atoms with Crippen molar-refractivity contribution in [2.45, 2.75) is 50.5 Å². The number of pyridine rings is 1. The molecule has 1 saturated carbocycles. The number of benzene rings is 1. The van der Waals surface area contributed by atoms with Crippen molar-refractivity contribution in [1.82, 2.24) is 15.2 Å². The van der Waals surface area contributed by atoms with E-state index in [1.807, 2.05) is 19.0 Å². The lowest BCUT2D eigenvalue weighted by Crippen LogP contribution is -2.43. The highest BCUT2D eigenvalue weighted by molar-refractivity contribution is 6.31. The molecule has 1 heterocycles. The molecule has 1 aliphatic rings. The minimum absolute atomic E-state index is 0.0384. The van der Waals surface area contributed by atoms with Crippen molar-refractivity contribution in [3.63, 3.8) is 0 Å². The Balaban J connectivity index is 1.69. The SMILES string of the molecule is CN(C)[C@H](CNC(=O)C[C@H](c1cccnc1)C1(C(C)(F)F)CC1)Cc1ccc(C(N)=O)cc1Cl. The van der Waals surface area contributed by atoms with Crippen LogP contribution in [0.3, 0.4) is 0 Å². The highest BCUT2D eigenvalue weighted by Crippen LogP contribution is 2.65. The van der Waals surface area contributed by atoms with Crippen molar-refractivity contribution in [2.75, 3.05) is 20.6 Å². The van der Waals surface area contributed by atoms with Gasteiger partial charge in [-0.2, -0.15) is 0 Å². The van der Waals surface area contributed by atoms with Gasteiger partial charge in [-0.1, -0.05) is 23.7 Å². The zero-order valence-electron chi connectivity index (χ0n) is 19.7. The minimum atomic E-state index is -2.90. The average Bonchev–Trinajstić information content (AvgIpc) is 3.58. The van der Waals surface area contributed by atoms with Crippen LogP contribution in [0.4, 0.5) is 8.78 Å². The molecule has 9 heteroatoms. The zero-order chi connectivity index (χ0) is 25.1. The molecule has 1 aromatic carbocycles. The summed E-state index contributed by atoms with van der Waals surface area (Å²) in [7, 11) is 3.77. The summed E-state index contributed by atoms with van der Waals surface area (Å²) < 4.78 is 29.1. The average molecular weight is 493 g/mol. The Bertz CT molecular complexity index is 1020. The lowest BCUT2D eigenvalue weighted by atomic mass is 9.77. The normalized spacial score (nSPS) is 16.7. The van der Waals surface area contributed by atoms with E-state index in [0.717, 1.165) is 12.5 Å². The van der Waals surface area contributed by atoms with Crippen molar-refractivity contribution in [3.05, 3.63) is 64.4 Å². The van der Waals surface area contributed by atoms with Gasteiger partial charge in [0.1, 0.15) is 0 Å². The summed E-state index contributed by atoms with van der Waals surface area (Å²) in [6.45, 7) is 1.26. The van der Waals surface area contributed by atoms with Crippen LogP contribution in [0.25, 0.3) is 0 Å². The van der Waals surface area contributed by atoms with Gasteiger partial charge in [0.15, 0.2) is 0 Å². The Morgan fingerprint density at radius 3 is 2.50 bits per heavy atom. The van der Waals surface area contributed by atoms with E-state index in [0.29, 0.717) is 42.0 Å². The van der Waals surface area contributed by atoms with Gasteiger partial charge in [0.2, 0.25) is 11.8 Å². The Labute approximate surface area is 203 Å². The van der Waals surface area contributed by atoms with Crippen LogP contribution < -0.4 is 11.1 Å². The Morgan fingerprint density at radius 2 is 2.00 bits per heavy atom. The summed E-state index contributed by atoms with van der Waals surface area (Å²) in [5.41, 5.74) is 5.88. The lowest BCUT2D eigenvalue weighted by Gasteiger charge is -2.32. The molecule has 34 heavy (non-hydrogen) atoms. The molecule has 184 valence electrons. The Kier molecular flexibility index (Phi) is 7.93. The van der Waals surface area contributed by atoms with Crippen LogP contribution in [0.1, 0.15) is 53.6 Å². The number of hydrogen-bond donors (Lipinski definition) is 2. The summed E-state index contributed by atoms with van der Waals surface area (Å²) in [4.78, 5) is 30.3. The second-order valence-corrected chi connectivity index (χ2v) is 9.79. The molecular weight excluding hydrogens is 462 g/mol. The maximum absolute atomic E-state index is 14.5. The molecule has 0 spiro atoms. The van der Waals surface area contributed by atoms with E-state index in [1.165, 1.54) is 6.07 Å². The van der Waals surface area contributed by atoms with Crippen LogP contribution in [-0.4, -0.2) is 54.3 Å². The van der Waals surface area contributed by atoms with Crippen molar-refractivity contribution >= 4 is 23.4 Å². The molecule has 2 aromatic rings. The van der Waals surface area contributed by atoms with E-state index < -0.39 is 23.2 Å². The first-order valence-electron chi connectivity index (χ1n) is 11.2. The number of aromatic nitrogens is 1. The minimum Gasteiger partial charge on any atom is -0.366 e. The number of likely N-dealkylation sites (N-methyl/N-ethyl adjacent to an activating group) is 1. The number of nitrogens with zero attached hydrogens (tertiary/aromatic N) is 2. The van der Waals surface area contributed by atoms with Gasteiger partial charge in [0.05, 0.1) is 0 Å². The molecule has 1 aliphatic carbocycles. The molecule has 6 nitrogen and oxygen atoms in total. The molecule has 3 N–H and O–H groups in total. The van der Waals surface area contributed by atoms with Crippen LogP contribution in [0.5, 0.6) is 0 Å². The number of nitrogens with one attached hydrogen (secondary N) is 1. The van der Waals surface area contributed by atoms with E-state index in [-0.39, 0.29) is 18.4 Å². The van der Waals surface area contributed by atoms with E-state index in [9.17, 15) is 18.4 Å². The van der Waals surface area contributed by atoms with Gasteiger partial charge in [-0.25, -0.2) is 8.78 Å². The van der Waals surface area contributed by atoms with Gasteiger partial charge in [-0.15, -0.1) is 0 Å². The third kappa shape index (κ3) is 5.91. The number of amides is 2.